The van der Waals surface area contributed by atoms with Crippen LogP contribution in [0.25, 0.3) is 11.1 Å². The van der Waals surface area contributed by atoms with Crippen molar-refractivity contribution in [3.8, 4) is 11.1 Å². The molecule has 10 rings (SSSR count). The molecular formula is C42H45N. The SMILES string of the molecule is CC1(C)CCC(C)(C)c2cc(N(c3ccccc3)c3cccc4c3-c3ccccc3C43C4CC5CC(C4)CC3C5)ccc21. The zero-order chi connectivity index (χ0) is 29.1. The van der Waals surface area contributed by atoms with Gasteiger partial charge in [-0.1, -0.05) is 88.4 Å². The molecule has 0 radical (unpaired) electrons. The standard InChI is InChI=1S/C42H45N/c1-40(2)19-20-41(3,4)37-26-32(17-18-35(37)40)43(31-11-6-5-7-12-31)38-16-10-15-36-39(38)33-13-8-9-14-34(33)42(36)29-22-27-21-28(24-29)25-30(42)23-27/h5-18,26-30H,19-25H2,1-4H3. The summed E-state index contributed by atoms with van der Waals surface area (Å²) in [6, 6.07) is 35.4. The normalized spacial score (nSPS) is 30.1. The maximum Gasteiger partial charge on any atom is 0.0543 e. The molecule has 0 heterocycles. The fourth-order valence-corrected chi connectivity index (χ4v) is 11.1. The molecule has 43 heavy (non-hydrogen) atoms. The van der Waals surface area contributed by atoms with Crippen LogP contribution < -0.4 is 4.90 Å². The monoisotopic (exact) mass is 563 g/mol. The summed E-state index contributed by atoms with van der Waals surface area (Å²) in [5.74, 6) is 3.46. The highest BCUT2D eigenvalue weighted by atomic mass is 15.1. The van der Waals surface area contributed by atoms with Gasteiger partial charge in [0.1, 0.15) is 0 Å². The molecule has 1 heteroatoms. The molecule has 0 unspecified atom stereocenters. The Hall–Kier alpha value is -3.32. The van der Waals surface area contributed by atoms with Gasteiger partial charge in [-0.3, -0.25) is 0 Å². The lowest BCUT2D eigenvalue weighted by Crippen LogP contribution is -2.55. The van der Waals surface area contributed by atoms with E-state index in [0.717, 1.165) is 23.7 Å². The van der Waals surface area contributed by atoms with E-state index in [1.165, 1.54) is 84.3 Å². The molecule has 0 amide bonds. The van der Waals surface area contributed by atoms with Crippen LogP contribution in [0.5, 0.6) is 0 Å². The van der Waals surface area contributed by atoms with Crippen LogP contribution in [0.3, 0.4) is 0 Å². The third kappa shape index (κ3) is 3.51. The van der Waals surface area contributed by atoms with Crippen molar-refractivity contribution in [2.45, 2.75) is 88.9 Å². The number of para-hydroxylation sites is 1. The van der Waals surface area contributed by atoms with Gasteiger partial charge < -0.3 is 4.90 Å². The Morgan fingerprint density at radius 2 is 1.16 bits per heavy atom. The molecule has 1 spiro atoms. The number of hydrogen-bond acceptors (Lipinski definition) is 1. The summed E-state index contributed by atoms with van der Waals surface area (Å²) in [4.78, 5) is 2.59. The van der Waals surface area contributed by atoms with E-state index in [1.807, 2.05) is 0 Å². The maximum absolute atomic E-state index is 2.59. The number of hydrogen-bond donors (Lipinski definition) is 0. The van der Waals surface area contributed by atoms with E-state index in [1.54, 1.807) is 11.1 Å². The van der Waals surface area contributed by atoms with Crippen molar-refractivity contribution < 1.29 is 0 Å². The van der Waals surface area contributed by atoms with Crippen molar-refractivity contribution in [3.05, 3.63) is 113 Å². The van der Waals surface area contributed by atoms with Crippen LogP contribution in [-0.4, -0.2) is 0 Å². The molecule has 0 aliphatic heterocycles. The number of nitrogens with zero attached hydrogens (tertiary/aromatic N) is 1. The van der Waals surface area contributed by atoms with Crippen molar-refractivity contribution in [2.24, 2.45) is 23.7 Å². The predicted molar refractivity (Wildman–Crippen MR) is 180 cm³/mol. The molecular weight excluding hydrogens is 518 g/mol. The van der Waals surface area contributed by atoms with Gasteiger partial charge in [0, 0.05) is 22.4 Å². The molecule has 0 aromatic heterocycles. The van der Waals surface area contributed by atoms with Crippen LogP contribution >= 0.6 is 0 Å². The summed E-state index contributed by atoms with van der Waals surface area (Å²) in [6.07, 6.45) is 9.64. The Morgan fingerprint density at radius 3 is 1.88 bits per heavy atom. The first-order valence-electron chi connectivity index (χ1n) is 17.0. The molecule has 0 N–H and O–H groups in total. The van der Waals surface area contributed by atoms with E-state index in [0.29, 0.717) is 0 Å². The van der Waals surface area contributed by atoms with Gasteiger partial charge in [0.25, 0.3) is 0 Å². The molecule has 4 saturated carbocycles. The molecule has 0 saturated heterocycles. The minimum absolute atomic E-state index is 0.166. The van der Waals surface area contributed by atoms with Gasteiger partial charge >= 0.3 is 0 Å². The van der Waals surface area contributed by atoms with Crippen LogP contribution in [0.15, 0.2) is 91.0 Å². The summed E-state index contributed by atoms with van der Waals surface area (Å²) in [7, 11) is 0. The Morgan fingerprint density at radius 1 is 0.535 bits per heavy atom. The van der Waals surface area contributed by atoms with E-state index in [-0.39, 0.29) is 16.2 Å². The number of benzene rings is 4. The topological polar surface area (TPSA) is 3.24 Å². The maximum atomic E-state index is 2.59. The third-order valence-electron chi connectivity index (χ3n) is 12.9. The number of fused-ring (bicyclic) bond motifs is 4. The lowest BCUT2D eigenvalue weighted by atomic mass is 9.43. The first-order chi connectivity index (χ1) is 20.8. The summed E-state index contributed by atoms with van der Waals surface area (Å²) in [5, 5.41) is 0. The van der Waals surface area contributed by atoms with Crippen molar-refractivity contribution >= 4 is 17.1 Å². The Bertz CT molecular complexity index is 1710. The van der Waals surface area contributed by atoms with Crippen LogP contribution in [-0.2, 0) is 16.2 Å². The van der Waals surface area contributed by atoms with E-state index in [9.17, 15) is 0 Å². The summed E-state index contributed by atoms with van der Waals surface area (Å²) < 4.78 is 0. The number of anilines is 3. The lowest BCUT2D eigenvalue weighted by molar-refractivity contribution is -0.0399. The first kappa shape index (κ1) is 26.1. The molecule has 1 nitrogen and oxygen atoms in total. The zero-order valence-corrected chi connectivity index (χ0v) is 26.4. The number of rotatable bonds is 3. The average molecular weight is 564 g/mol. The Kier molecular flexibility index (Phi) is 5.39. The molecule has 4 aromatic carbocycles. The lowest BCUT2D eigenvalue weighted by Gasteiger charge is -2.61. The molecule has 218 valence electrons. The van der Waals surface area contributed by atoms with E-state index in [4.69, 9.17) is 0 Å². The van der Waals surface area contributed by atoms with Crippen LogP contribution in [0, 0.1) is 23.7 Å². The second-order valence-corrected chi connectivity index (χ2v) is 16.1. The van der Waals surface area contributed by atoms with Gasteiger partial charge in [-0.05, 0) is 138 Å². The summed E-state index contributed by atoms with van der Waals surface area (Å²) in [6.45, 7) is 9.76. The Labute approximate surface area is 258 Å². The van der Waals surface area contributed by atoms with Crippen LogP contribution in [0.2, 0.25) is 0 Å². The Balaban J connectivity index is 1.29. The molecule has 4 fully saturated rings. The van der Waals surface area contributed by atoms with Crippen LogP contribution in [0.4, 0.5) is 17.1 Å². The van der Waals surface area contributed by atoms with Crippen molar-refractivity contribution in [3.63, 3.8) is 0 Å². The molecule has 0 atom stereocenters. The van der Waals surface area contributed by atoms with E-state index >= 15 is 0 Å². The van der Waals surface area contributed by atoms with Gasteiger partial charge in [-0.25, -0.2) is 0 Å². The second-order valence-electron chi connectivity index (χ2n) is 16.1. The van der Waals surface area contributed by atoms with Crippen LogP contribution in [0.1, 0.15) is 94.9 Å². The highest BCUT2D eigenvalue weighted by Crippen LogP contribution is 2.70. The van der Waals surface area contributed by atoms with Crippen molar-refractivity contribution in [1.82, 2.24) is 0 Å². The minimum atomic E-state index is 0.166. The van der Waals surface area contributed by atoms with Gasteiger partial charge in [0.15, 0.2) is 0 Å². The van der Waals surface area contributed by atoms with E-state index in [2.05, 4.69) is 124 Å². The average Bonchev–Trinajstić information content (AvgIpc) is 3.30. The highest BCUT2D eigenvalue weighted by molar-refractivity contribution is 5.95. The molecule has 4 aromatic rings. The summed E-state index contributed by atoms with van der Waals surface area (Å²) >= 11 is 0. The predicted octanol–water partition coefficient (Wildman–Crippen LogP) is 11.2. The smallest absolute Gasteiger partial charge is 0.0543 e. The molecule has 6 aliphatic carbocycles. The fourth-order valence-electron chi connectivity index (χ4n) is 11.1. The van der Waals surface area contributed by atoms with E-state index < -0.39 is 0 Å². The largest absolute Gasteiger partial charge is 0.310 e. The summed E-state index contributed by atoms with van der Waals surface area (Å²) in [5.41, 5.74) is 13.7. The van der Waals surface area contributed by atoms with Crippen molar-refractivity contribution in [2.75, 3.05) is 4.90 Å². The molecule has 4 bridgehead atoms. The van der Waals surface area contributed by atoms with Crippen molar-refractivity contribution in [1.29, 1.82) is 0 Å². The second kappa shape index (κ2) is 8.87. The first-order valence-corrected chi connectivity index (χ1v) is 17.0. The zero-order valence-electron chi connectivity index (χ0n) is 26.4. The third-order valence-corrected chi connectivity index (χ3v) is 12.9. The highest BCUT2D eigenvalue weighted by Gasteiger charge is 2.61. The fraction of sp³-hybridized carbons (Fsp3) is 0.429. The van der Waals surface area contributed by atoms with Gasteiger partial charge in [0.05, 0.1) is 5.69 Å². The van der Waals surface area contributed by atoms with Gasteiger partial charge in [-0.15, -0.1) is 0 Å². The molecule has 6 aliphatic rings. The van der Waals surface area contributed by atoms with Gasteiger partial charge in [-0.2, -0.15) is 0 Å². The van der Waals surface area contributed by atoms with Gasteiger partial charge in [0.2, 0.25) is 0 Å². The quantitative estimate of drug-likeness (QED) is 0.240. The minimum Gasteiger partial charge on any atom is -0.310 e.